The number of ether oxygens (including phenoxy) is 1. The van der Waals surface area contributed by atoms with Crippen molar-refractivity contribution in [3.8, 4) is 11.4 Å². The summed E-state index contributed by atoms with van der Waals surface area (Å²) in [7, 11) is -3.84. The SMILES string of the molecule is CC(OC(=O)c1ccccc1-c1nc2ccccc2[nH]1)C(=O)Nc1ccc(S(N)(=O)=O)cc1. The topological polar surface area (TPSA) is 144 Å². The molecule has 4 N–H and O–H groups in total. The Labute approximate surface area is 189 Å². The number of primary sulfonamides is 1. The van der Waals surface area contributed by atoms with Gasteiger partial charge in [-0.1, -0.05) is 30.3 Å². The molecular formula is C23H20N4O5S. The second kappa shape index (κ2) is 8.85. The number of anilines is 1. The number of imidazole rings is 1. The number of H-pyrrole nitrogens is 1. The van der Waals surface area contributed by atoms with Gasteiger partial charge >= 0.3 is 5.97 Å². The van der Waals surface area contributed by atoms with Crippen LogP contribution < -0.4 is 10.5 Å². The molecule has 9 nitrogen and oxygen atoms in total. The zero-order chi connectivity index (χ0) is 23.6. The molecule has 4 aromatic rings. The number of fused-ring (bicyclic) bond motifs is 1. The molecule has 3 aromatic carbocycles. The number of carbonyl (C=O) groups excluding carboxylic acids is 2. The molecule has 4 rings (SSSR count). The second-order valence-electron chi connectivity index (χ2n) is 7.25. The van der Waals surface area contributed by atoms with Gasteiger partial charge in [0.2, 0.25) is 10.0 Å². The molecule has 1 unspecified atom stereocenters. The molecule has 168 valence electrons. The summed E-state index contributed by atoms with van der Waals surface area (Å²) in [6, 6.07) is 19.6. The number of rotatable bonds is 6. The average Bonchev–Trinajstić information content (AvgIpc) is 3.23. The molecule has 0 aliphatic carbocycles. The summed E-state index contributed by atoms with van der Waals surface area (Å²) in [4.78, 5) is 33.0. The van der Waals surface area contributed by atoms with Crippen LogP contribution in [0, 0.1) is 0 Å². The number of nitrogens with two attached hydrogens (primary N) is 1. The summed E-state index contributed by atoms with van der Waals surface area (Å²) in [6.07, 6.45) is -1.11. The Bertz CT molecular complexity index is 1410. The quantitative estimate of drug-likeness (QED) is 0.374. The molecule has 1 amide bonds. The van der Waals surface area contributed by atoms with Crippen LogP contribution in [0.5, 0.6) is 0 Å². The van der Waals surface area contributed by atoms with Crippen LogP contribution in [0.3, 0.4) is 0 Å². The van der Waals surface area contributed by atoms with Gasteiger partial charge in [0.25, 0.3) is 5.91 Å². The van der Waals surface area contributed by atoms with Crippen LogP contribution in [0.2, 0.25) is 0 Å². The lowest BCUT2D eigenvalue weighted by Crippen LogP contribution is -2.30. The van der Waals surface area contributed by atoms with Crippen LogP contribution in [0.1, 0.15) is 17.3 Å². The van der Waals surface area contributed by atoms with Crippen molar-refractivity contribution in [3.63, 3.8) is 0 Å². The third-order valence-electron chi connectivity index (χ3n) is 4.89. The first-order chi connectivity index (χ1) is 15.7. The third-order valence-corrected chi connectivity index (χ3v) is 5.82. The number of hydrogen-bond acceptors (Lipinski definition) is 6. The molecule has 10 heteroatoms. The van der Waals surface area contributed by atoms with E-state index in [1.165, 1.54) is 31.2 Å². The number of aromatic nitrogens is 2. The first-order valence-corrected chi connectivity index (χ1v) is 11.5. The number of nitrogens with zero attached hydrogens (tertiary/aromatic N) is 1. The van der Waals surface area contributed by atoms with E-state index in [9.17, 15) is 18.0 Å². The molecular weight excluding hydrogens is 444 g/mol. The first-order valence-electron chi connectivity index (χ1n) is 9.91. The van der Waals surface area contributed by atoms with Crippen molar-refractivity contribution in [3.05, 3.63) is 78.4 Å². The van der Waals surface area contributed by atoms with Gasteiger partial charge in [-0.15, -0.1) is 0 Å². The minimum absolute atomic E-state index is 0.0813. The van der Waals surface area contributed by atoms with Crippen molar-refractivity contribution in [2.45, 2.75) is 17.9 Å². The lowest BCUT2D eigenvalue weighted by Gasteiger charge is -2.15. The van der Waals surface area contributed by atoms with Gasteiger partial charge in [0.15, 0.2) is 6.10 Å². The molecule has 1 heterocycles. The Hall–Kier alpha value is -4.02. The molecule has 0 saturated heterocycles. The van der Waals surface area contributed by atoms with E-state index in [1.54, 1.807) is 24.3 Å². The molecule has 0 saturated carbocycles. The monoisotopic (exact) mass is 464 g/mol. The number of carbonyl (C=O) groups is 2. The Balaban J connectivity index is 1.48. The predicted octanol–water partition coefficient (Wildman–Crippen LogP) is 3.06. The van der Waals surface area contributed by atoms with Gasteiger partial charge < -0.3 is 15.0 Å². The Morgan fingerprint density at radius 1 is 1.00 bits per heavy atom. The molecule has 0 aliphatic heterocycles. The summed E-state index contributed by atoms with van der Waals surface area (Å²) in [5.41, 5.74) is 2.73. The van der Waals surface area contributed by atoms with Gasteiger partial charge in [0, 0.05) is 11.3 Å². The van der Waals surface area contributed by atoms with Crippen molar-refractivity contribution in [1.29, 1.82) is 0 Å². The van der Waals surface area contributed by atoms with Crippen LogP contribution in [-0.4, -0.2) is 36.4 Å². The van der Waals surface area contributed by atoms with Crippen molar-refractivity contribution in [2.75, 3.05) is 5.32 Å². The highest BCUT2D eigenvalue weighted by Crippen LogP contribution is 2.25. The lowest BCUT2D eigenvalue weighted by atomic mass is 10.1. The molecule has 1 aromatic heterocycles. The van der Waals surface area contributed by atoms with E-state index < -0.39 is 28.0 Å². The number of para-hydroxylation sites is 2. The highest BCUT2D eigenvalue weighted by Gasteiger charge is 2.22. The van der Waals surface area contributed by atoms with Gasteiger partial charge in [0.05, 0.1) is 21.5 Å². The van der Waals surface area contributed by atoms with E-state index in [-0.39, 0.29) is 10.5 Å². The largest absolute Gasteiger partial charge is 0.449 e. The summed E-state index contributed by atoms with van der Waals surface area (Å²) in [5.74, 6) is -0.748. The number of amides is 1. The fraction of sp³-hybridized carbons (Fsp3) is 0.0870. The van der Waals surface area contributed by atoms with Gasteiger partial charge in [0.1, 0.15) is 5.82 Å². The van der Waals surface area contributed by atoms with E-state index >= 15 is 0 Å². The molecule has 1 atom stereocenters. The van der Waals surface area contributed by atoms with Crippen LogP contribution in [0.15, 0.2) is 77.7 Å². The Morgan fingerprint density at radius 2 is 1.67 bits per heavy atom. The number of nitrogens with one attached hydrogen (secondary N) is 2. The lowest BCUT2D eigenvalue weighted by molar-refractivity contribution is -0.123. The number of aromatic amines is 1. The molecule has 0 fully saturated rings. The maximum atomic E-state index is 12.9. The molecule has 0 spiro atoms. The highest BCUT2D eigenvalue weighted by atomic mass is 32.2. The minimum Gasteiger partial charge on any atom is -0.449 e. The van der Waals surface area contributed by atoms with Crippen molar-refractivity contribution < 1.29 is 22.7 Å². The number of sulfonamides is 1. The van der Waals surface area contributed by atoms with Crippen LogP contribution >= 0.6 is 0 Å². The number of benzene rings is 3. The zero-order valence-electron chi connectivity index (χ0n) is 17.5. The van der Waals surface area contributed by atoms with Crippen LogP contribution in [0.25, 0.3) is 22.4 Å². The summed E-state index contributed by atoms with van der Waals surface area (Å²) in [5, 5.41) is 7.63. The van der Waals surface area contributed by atoms with Gasteiger partial charge in [-0.3, -0.25) is 4.79 Å². The Morgan fingerprint density at radius 3 is 2.36 bits per heavy atom. The summed E-state index contributed by atoms with van der Waals surface area (Å²) in [6.45, 7) is 1.44. The average molecular weight is 465 g/mol. The fourth-order valence-corrected chi connectivity index (χ4v) is 3.71. The molecule has 0 bridgehead atoms. The van der Waals surface area contributed by atoms with Crippen LogP contribution in [-0.2, 0) is 19.6 Å². The first kappa shape index (κ1) is 22.2. The maximum absolute atomic E-state index is 12.9. The second-order valence-corrected chi connectivity index (χ2v) is 8.82. The number of esters is 1. The van der Waals surface area contributed by atoms with Crippen LogP contribution in [0.4, 0.5) is 5.69 Å². The molecule has 0 radical (unpaired) electrons. The Kier molecular flexibility index (Phi) is 5.95. The fourth-order valence-electron chi connectivity index (χ4n) is 3.20. The zero-order valence-corrected chi connectivity index (χ0v) is 18.3. The standard InChI is InChI=1S/C23H20N4O5S/c1-14(22(28)25-15-10-12-16(13-11-15)33(24,30)31)32-23(29)18-7-3-2-6-17(18)21-26-19-8-4-5-9-20(19)27-21/h2-14H,1H3,(H,25,28)(H,26,27)(H2,24,30,31). The molecule has 0 aliphatic rings. The van der Waals surface area contributed by atoms with E-state index in [1.807, 2.05) is 24.3 Å². The van der Waals surface area contributed by atoms with E-state index in [0.717, 1.165) is 11.0 Å². The smallest absolute Gasteiger partial charge is 0.339 e. The van der Waals surface area contributed by atoms with Crippen molar-refractivity contribution in [1.82, 2.24) is 9.97 Å². The third kappa shape index (κ3) is 4.92. The normalized spacial score (nSPS) is 12.3. The maximum Gasteiger partial charge on any atom is 0.339 e. The highest BCUT2D eigenvalue weighted by molar-refractivity contribution is 7.89. The van der Waals surface area contributed by atoms with Crippen molar-refractivity contribution >= 4 is 38.6 Å². The van der Waals surface area contributed by atoms with E-state index in [4.69, 9.17) is 9.88 Å². The minimum atomic E-state index is -3.84. The van der Waals surface area contributed by atoms with Gasteiger partial charge in [-0.05, 0) is 49.4 Å². The van der Waals surface area contributed by atoms with Gasteiger partial charge in [-0.2, -0.15) is 0 Å². The van der Waals surface area contributed by atoms with E-state index in [2.05, 4.69) is 15.3 Å². The summed E-state index contributed by atoms with van der Waals surface area (Å²) < 4.78 is 28.1. The van der Waals surface area contributed by atoms with E-state index in [0.29, 0.717) is 17.1 Å². The number of hydrogen-bond donors (Lipinski definition) is 3. The molecule has 33 heavy (non-hydrogen) atoms. The predicted molar refractivity (Wildman–Crippen MR) is 123 cm³/mol. The van der Waals surface area contributed by atoms with Gasteiger partial charge in [-0.25, -0.2) is 23.3 Å². The summed E-state index contributed by atoms with van der Waals surface area (Å²) >= 11 is 0. The van der Waals surface area contributed by atoms with Crippen molar-refractivity contribution in [2.24, 2.45) is 5.14 Å².